The van der Waals surface area contributed by atoms with Gasteiger partial charge in [0.1, 0.15) is 60.1 Å². The second kappa shape index (κ2) is 51.0. The van der Waals surface area contributed by atoms with Gasteiger partial charge in [-0.05, 0) is 121 Å². The molecule has 0 heterocycles. The molecule has 12 amide bonds. The summed E-state index contributed by atoms with van der Waals surface area (Å²) in [6.45, 7) is 11.6. The van der Waals surface area contributed by atoms with Gasteiger partial charge in [0.05, 0.1) is 12.6 Å². The average Bonchev–Trinajstić information content (AvgIpc) is 0.874. The topological polar surface area (TPSA) is 534 Å². The van der Waals surface area contributed by atoms with Crippen molar-refractivity contribution < 1.29 is 67.7 Å². The van der Waals surface area contributed by atoms with Crippen LogP contribution in [0.2, 0.25) is 0 Å². The second-order valence-electron chi connectivity index (χ2n) is 26.0. The van der Waals surface area contributed by atoms with E-state index in [9.17, 15) is 67.7 Å². The van der Waals surface area contributed by atoms with Crippen LogP contribution in [0.15, 0.2) is 29.3 Å². The number of benzene rings is 1. The molecule has 31 nitrogen and oxygen atoms in total. The van der Waals surface area contributed by atoms with E-state index < -0.39 is 163 Å². The zero-order chi connectivity index (χ0) is 74.4. The van der Waals surface area contributed by atoms with Crippen molar-refractivity contribution in [2.75, 3.05) is 26.2 Å². The molecule has 0 aromatic heterocycles. The molecule has 0 saturated heterocycles. The second-order valence-corrected chi connectivity index (χ2v) is 26.0. The smallest absolute Gasteiger partial charge is 0.245 e. The normalized spacial score (nSPS) is 14.5. The molecule has 24 N–H and O–H groups in total. The number of amides is 12. The maximum absolute atomic E-state index is 14.8. The molecule has 0 fully saturated rings. The first-order valence-corrected chi connectivity index (χ1v) is 35.5. The Kier molecular flexibility index (Phi) is 45.8. The van der Waals surface area contributed by atoms with E-state index in [1.807, 2.05) is 0 Å². The molecule has 0 aliphatic rings. The number of nitrogens with zero attached hydrogens (tertiary/aromatic N) is 1. The first-order valence-electron chi connectivity index (χ1n) is 35.5. The quantitative estimate of drug-likeness (QED) is 0.0233. The summed E-state index contributed by atoms with van der Waals surface area (Å²) in [5.41, 5.74) is 33.8. The van der Waals surface area contributed by atoms with Crippen molar-refractivity contribution in [2.45, 2.75) is 276 Å². The molecule has 562 valence electrons. The molecule has 1 aromatic carbocycles. The number of aliphatic imine (C=N–C) groups is 1. The van der Waals surface area contributed by atoms with E-state index in [4.69, 9.17) is 34.4 Å². The highest BCUT2D eigenvalue weighted by Crippen LogP contribution is 2.17. The molecule has 0 aliphatic carbocycles. The lowest BCUT2D eigenvalue weighted by Crippen LogP contribution is -2.61. The Morgan fingerprint density at radius 1 is 0.434 bits per heavy atom. The van der Waals surface area contributed by atoms with Gasteiger partial charge in [-0.1, -0.05) is 130 Å². The van der Waals surface area contributed by atoms with Gasteiger partial charge in [-0.25, -0.2) is 0 Å². The molecular formula is C68H121N17O14. The van der Waals surface area contributed by atoms with Crippen LogP contribution in [-0.2, 0) is 64.0 Å². The number of hydrogen-bond donors (Lipinski definition) is 18. The Bertz CT molecular complexity index is 2680. The van der Waals surface area contributed by atoms with Gasteiger partial charge in [0.15, 0.2) is 5.96 Å². The molecule has 31 heteroatoms. The number of primary amides is 2. The Morgan fingerprint density at radius 3 is 1.34 bits per heavy atom. The van der Waals surface area contributed by atoms with E-state index in [1.54, 1.807) is 27.7 Å². The average molecular weight is 1400 g/mol. The minimum Gasteiger partial charge on any atom is -0.508 e. The summed E-state index contributed by atoms with van der Waals surface area (Å²) in [4.78, 5) is 168. The molecule has 1 rings (SSSR count). The number of aliphatic hydroxyl groups is 1. The van der Waals surface area contributed by atoms with Crippen LogP contribution < -0.4 is 87.6 Å². The van der Waals surface area contributed by atoms with Crippen molar-refractivity contribution in [3.8, 4) is 5.75 Å². The maximum Gasteiger partial charge on any atom is 0.245 e. The van der Waals surface area contributed by atoms with Crippen molar-refractivity contribution in [3.63, 3.8) is 0 Å². The van der Waals surface area contributed by atoms with Gasteiger partial charge < -0.3 is 97.8 Å². The first kappa shape index (κ1) is 88.8. The van der Waals surface area contributed by atoms with Gasteiger partial charge >= 0.3 is 0 Å². The molecule has 99 heavy (non-hydrogen) atoms. The number of aromatic hydroxyl groups is 1. The molecule has 0 unspecified atom stereocenters. The lowest BCUT2D eigenvalue weighted by Gasteiger charge is -2.30. The zero-order valence-corrected chi connectivity index (χ0v) is 59.7. The van der Waals surface area contributed by atoms with Crippen LogP contribution in [0.4, 0.5) is 0 Å². The third-order valence-corrected chi connectivity index (χ3v) is 16.9. The lowest BCUT2D eigenvalue weighted by atomic mass is 9.96. The van der Waals surface area contributed by atoms with Crippen molar-refractivity contribution in [2.24, 2.45) is 51.2 Å². The van der Waals surface area contributed by atoms with Crippen molar-refractivity contribution in [1.82, 2.24) is 53.2 Å². The van der Waals surface area contributed by atoms with Crippen LogP contribution in [0, 0.1) is 11.8 Å². The monoisotopic (exact) mass is 1400 g/mol. The van der Waals surface area contributed by atoms with E-state index in [1.165, 1.54) is 89.5 Å². The minimum atomic E-state index is -1.60. The number of phenolic OH excluding ortho intramolecular Hbond substituents is 1. The highest BCUT2D eigenvalue weighted by molar-refractivity contribution is 5.99. The van der Waals surface area contributed by atoms with Crippen LogP contribution in [0.5, 0.6) is 5.75 Å². The van der Waals surface area contributed by atoms with Gasteiger partial charge in [-0.2, -0.15) is 0 Å². The number of phenols is 1. The lowest BCUT2D eigenvalue weighted by molar-refractivity contribution is -0.137. The standard InChI is InChI=1S/C68H121N17O14/c1-8-10-11-12-13-14-15-16-17-18-19-20-21-30-55(90)83-58(45(7)86)67(99)85-57(43(5)9-2)66(98)81-51(35-36-53(71)88)63(95)82-52(40-46-31-33-47(87)34-32-46)64(96)79-50(29-26-39-75-68(73)74)62(94)78-49(28-23-25-38-70)61(93)77-44(6)59(91)84-56(42(3)4)65(97)80-48(27-22-24-37-69)60(92)76-41-54(72)89/h31-34,42-45,48-52,56-58,86-87H,8-30,35-41,69-70H2,1-7H3,(H2,71,88)(H2,72,89)(H,76,92)(H,77,93)(H,78,94)(H,79,96)(H,80,97)(H,81,98)(H,82,95)(H,83,90)(H,84,91)(H,85,99)(H4,73,74,75)/t43-,44-,45+,48-,49-,50-,51-,52-,56-,57-,58-/m0/s1. The summed E-state index contributed by atoms with van der Waals surface area (Å²) in [5.74, 6) is -11.4. The molecule has 0 aliphatic heterocycles. The van der Waals surface area contributed by atoms with Crippen molar-refractivity contribution >= 4 is 76.8 Å². The largest absolute Gasteiger partial charge is 0.508 e. The molecule has 0 bridgehead atoms. The van der Waals surface area contributed by atoms with E-state index in [0.29, 0.717) is 50.6 Å². The number of rotatable bonds is 55. The fraction of sp³-hybridized carbons (Fsp3) is 0.721. The number of unbranched alkanes of at least 4 members (excludes halogenated alkanes) is 14. The summed E-state index contributed by atoms with van der Waals surface area (Å²) < 4.78 is 0. The molecule has 0 radical (unpaired) electrons. The van der Waals surface area contributed by atoms with E-state index in [0.717, 1.165) is 25.7 Å². The minimum absolute atomic E-state index is 0.0189. The SMILES string of the molecule is CCCCCCCCCCCCCCCC(=O)N[C@H](C(=O)N[C@H](C(=O)N[C@@H](CCC(N)=O)C(=O)N[C@@H](Cc1ccc(O)cc1)C(=O)N[C@@H](CCCN=C(N)N)C(=O)N[C@@H](CCCCN)C(=O)N[C@@H](C)C(=O)N[C@H](C(=O)N[C@@H](CCCCN)C(=O)NCC(N)=O)C(C)C)[C@@H](C)CC)[C@@H](C)O. The van der Waals surface area contributed by atoms with E-state index in [-0.39, 0.29) is 63.3 Å². The summed E-state index contributed by atoms with van der Waals surface area (Å²) >= 11 is 0. The summed E-state index contributed by atoms with van der Waals surface area (Å²) in [6.07, 6.45) is 14.1. The Hall–Kier alpha value is -8.19. The molecule has 0 saturated carbocycles. The summed E-state index contributed by atoms with van der Waals surface area (Å²) in [6, 6.07) is -6.94. The van der Waals surface area contributed by atoms with Crippen LogP contribution in [0.25, 0.3) is 0 Å². The van der Waals surface area contributed by atoms with Crippen molar-refractivity contribution in [1.29, 1.82) is 0 Å². The van der Waals surface area contributed by atoms with Gasteiger partial charge in [-0.3, -0.25) is 62.5 Å². The zero-order valence-electron chi connectivity index (χ0n) is 59.7. The predicted molar refractivity (Wildman–Crippen MR) is 378 cm³/mol. The third-order valence-electron chi connectivity index (χ3n) is 16.9. The van der Waals surface area contributed by atoms with Crippen LogP contribution >= 0.6 is 0 Å². The van der Waals surface area contributed by atoms with Gasteiger partial charge in [0.25, 0.3) is 0 Å². The number of aliphatic hydroxyl groups excluding tert-OH is 1. The van der Waals surface area contributed by atoms with Crippen molar-refractivity contribution in [3.05, 3.63) is 29.8 Å². The third kappa shape index (κ3) is 38.7. The van der Waals surface area contributed by atoms with Gasteiger partial charge in [-0.15, -0.1) is 0 Å². The van der Waals surface area contributed by atoms with Gasteiger partial charge in [0, 0.05) is 25.8 Å². The maximum atomic E-state index is 14.8. The molecule has 0 spiro atoms. The fourth-order valence-electron chi connectivity index (χ4n) is 10.7. The highest BCUT2D eigenvalue weighted by Gasteiger charge is 2.37. The van der Waals surface area contributed by atoms with Crippen LogP contribution in [0.3, 0.4) is 0 Å². The molecule has 1 aromatic rings. The summed E-state index contributed by atoms with van der Waals surface area (Å²) in [7, 11) is 0. The van der Waals surface area contributed by atoms with Crippen LogP contribution in [-0.4, -0.2) is 174 Å². The van der Waals surface area contributed by atoms with E-state index >= 15 is 0 Å². The Balaban J connectivity index is 3.55. The Labute approximate surface area is 584 Å². The number of guanidine groups is 1. The number of carbonyl (C=O) groups excluding carboxylic acids is 12. The number of carbonyl (C=O) groups is 12. The summed E-state index contributed by atoms with van der Waals surface area (Å²) in [5, 5.41) is 46.9. The first-order chi connectivity index (χ1) is 47.0. The van der Waals surface area contributed by atoms with E-state index in [2.05, 4.69) is 65.1 Å². The predicted octanol–water partition coefficient (Wildman–Crippen LogP) is 0.0606. The Morgan fingerprint density at radius 2 is 0.869 bits per heavy atom. The van der Waals surface area contributed by atoms with Crippen LogP contribution in [0.1, 0.15) is 215 Å². The number of hydrogen-bond acceptors (Lipinski definition) is 17. The highest BCUT2D eigenvalue weighted by atomic mass is 16.3. The van der Waals surface area contributed by atoms with Gasteiger partial charge in [0.2, 0.25) is 70.9 Å². The fourth-order valence-corrected chi connectivity index (χ4v) is 10.7. The molecule has 11 atom stereocenters. The number of nitrogens with one attached hydrogen (secondary N) is 10. The number of nitrogens with two attached hydrogens (primary N) is 6. The molecular weight excluding hydrogens is 1280 g/mol.